The van der Waals surface area contributed by atoms with Crippen molar-refractivity contribution in [1.29, 1.82) is 0 Å². The van der Waals surface area contributed by atoms with E-state index >= 15 is 0 Å². The molecule has 1 aromatic rings. The summed E-state index contributed by atoms with van der Waals surface area (Å²) in [7, 11) is 1.80. The Morgan fingerprint density at radius 3 is 2.52 bits per heavy atom. The van der Waals surface area contributed by atoms with Gasteiger partial charge in [-0.05, 0) is 33.1 Å². The Balaban J connectivity index is 2.26. The molecular formula is C19H29NO5. The first-order valence-corrected chi connectivity index (χ1v) is 8.99. The van der Waals surface area contributed by atoms with E-state index in [0.717, 1.165) is 19.3 Å². The van der Waals surface area contributed by atoms with Crippen molar-refractivity contribution in [3.63, 3.8) is 0 Å². The molecule has 0 aliphatic heterocycles. The number of nitrogens with zero attached hydrogens (tertiary/aromatic N) is 1. The number of aliphatic carboxylic acids is 1. The molecule has 0 saturated heterocycles. The standard InChI is InChI=1S/C19H29NO5/c1-6-19(7-2)14(10-15(19)24-8-3)20(5)18(23)17-12(4)11-25-13(17)9-16(21)22/h11,14-15H,6-10H2,1-5H3,(H,21,22). The van der Waals surface area contributed by atoms with Crippen LogP contribution in [0.1, 0.15) is 61.7 Å². The van der Waals surface area contributed by atoms with Gasteiger partial charge in [-0.15, -0.1) is 0 Å². The van der Waals surface area contributed by atoms with Gasteiger partial charge in [-0.3, -0.25) is 9.59 Å². The van der Waals surface area contributed by atoms with Crippen LogP contribution in [0.2, 0.25) is 0 Å². The Morgan fingerprint density at radius 2 is 2.00 bits per heavy atom. The zero-order valence-corrected chi connectivity index (χ0v) is 15.8. The van der Waals surface area contributed by atoms with Crippen LogP contribution in [0.5, 0.6) is 0 Å². The lowest BCUT2D eigenvalue weighted by Gasteiger charge is -2.58. The number of carbonyl (C=O) groups is 2. The number of ether oxygens (including phenoxy) is 1. The maximum absolute atomic E-state index is 13.1. The molecule has 0 radical (unpaired) electrons. The van der Waals surface area contributed by atoms with Gasteiger partial charge < -0.3 is 19.2 Å². The average molecular weight is 351 g/mol. The van der Waals surface area contributed by atoms with Crippen molar-refractivity contribution in [2.75, 3.05) is 13.7 Å². The second-order valence-corrected chi connectivity index (χ2v) is 6.84. The van der Waals surface area contributed by atoms with Crippen LogP contribution >= 0.6 is 0 Å². The molecule has 1 aliphatic carbocycles. The minimum Gasteiger partial charge on any atom is -0.481 e. The number of hydrogen-bond donors (Lipinski definition) is 1. The Hall–Kier alpha value is -1.82. The molecule has 2 atom stereocenters. The molecule has 1 fully saturated rings. The Kier molecular flexibility index (Phi) is 5.93. The minimum absolute atomic E-state index is 0.0506. The number of amides is 1. The highest BCUT2D eigenvalue weighted by Crippen LogP contribution is 2.51. The molecule has 1 heterocycles. The van der Waals surface area contributed by atoms with E-state index in [9.17, 15) is 9.59 Å². The third-order valence-corrected chi connectivity index (χ3v) is 5.79. The molecule has 6 heteroatoms. The van der Waals surface area contributed by atoms with Crippen molar-refractivity contribution >= 4 is 11.9 Å². The number of carbonyl (C=O) groups excluding carboxylic acids is 1. The molecule has 0 bridgehead atoms. The Morgan fingerprint density at radius 1 is 1.36 bits per heavy atom. The molecule has 0 aromatic carbocycles. The summed E-state index contributed by atoms with van der Waals surface area (Å²) in [6.07, 6.45) is 4.00. The number of hydrogen-bond acceptors (Lipinski definition) is 4. The Labute approximate surface area is 149 Å². The monoisotopic (exact) mass is 351 g/mol. The van der Waals surface area contributed by atoms with E-state index in [2.05, 4.69) is 13.8 Å². The average Bonchev–Trinajstić information content (AvgIpc) is 2.91. The van der Waals surface area contributed by atoms with E-state index in [1.54, 1.807) is 18.9 Å². The van der Waals surface area contributed by atoms with E-state index in [0.29, 0.717) is 17.7 Å². The second kappa shape index (κ2) is 7.60. The zero-order chi connectivity index (χ0) is 18.8. The van der Waals surface area contributed by atoms with Crippen molar-refractivity contribution in [3.05, 3.63) is 23.2 Å². The summed E-state index contributed by atoms with van der Waals surface area (Å²) >= 11 is 0. The van der Waals surface area contributed by atoms with Gasteiger partial charge in [-0.25, -0.2) is 0 Å². The predicted octanol–water partition coefficient (Wildman–Crippen LogP) is 3.27. The maximum atomic E-state index is 13.1. The lowest BCUT2D eigenvalue weighted by atomic mass is 9.58. The van der Waals surface area contributed by atoms with Crippen molar-refractivity contribution in [2.45, 2.75) is 65.5 Å². The summed E-state index contributed by atoms with van der Waals surface area (Å²) in [6, 6.07) is 0.0820. The van der Waals surface area contributed by atoms with E-state index in [1.165, 1.54) is 6.26 Å². The molecule has 2 unspecified atom stereocenters. The van der Waals surface area contributed by atoms with Crippen LogP contribution in [0.15, 0.2) is 10.7 Å². The lowest BCUT2D eigenvalue weighted by Crippen LogP contribution is -2.64. The molecule has 1 aromatic heterocycles. The summed E-state index contributed by atoms with van der Waals surface area (Å²) in [5.74, 6) is -0.961. The molecular weight excluding hydrogens is 322 g/mol. The molecule has 1 N–H and O–H groups in total. The molecule has 0 spiro atoms. The zero-order valence-electron chi connectivity index (χ0n) is 15.8. The summed E-state index contributed by atoms with van der Waals surface area (Å²) in [5.41, 5.74) is 1.00. The fourth-order valence-electron chi connectivity index (χ4n) is 4.25. The lowest BCUT2D eigenvalue weighted by molar-refractivity contribution is -0.159. The number of carboxylic acid groups (broad SMARTS) is 1. The SMILES string of the molecule is CCOC1CC(N(C)C(=O)c2c(C)coc2CC(=O)O)C1(CC)CC. The van der Waals surface area contributed by atoms with E-state index in [1.807, 2.05) is 6.92 Å². The molecule has 25 heavy (non-hydrogen) atoms. The smallest absolute Gasteiger partial charge is 0.311 e. The van der Waals surface area contributed by atoms with Crippen LogP contribution in [0.4, 0.5) is 0 Å². The van der Waals surface area contributed by atoms with Crippen LogP contribution in [-0.2, 0) is 16.0 Å². The topological polar surface area (TPSA) is 80.0 Å². The first kappa shape index (κ1) is 19.5. The van der Waals surface area contributed by atoms with Crippen molar-refractivity contribution in [2.24, 2.45) is 5.41 Å². The second-order valence-electron chi connectivity index (χ2n) is 6.84. The third kappa shape index (κ3) is 3.32. The highest BCUT2D eigenvalue weighted by atomic mass is 16.5. The first-order chi connectivity index (χ1) is 11.8. The van der Waals surface area contributed by atoms with Crippen molar-refractivity contribution in [1.82, 2.24) is 4.90 Å². The van der Waals surface area contributed by atoms with Crippen molar-refractivity contribution in [3.8, 4) is 0 Å². The third-order valence-electron chi connectivity index (χ3n) is 5.79. The van der Waals surface area contributed by atoms with Gasteiger partial charge in [-0.1, -0.05) is 13.8 Å². The van der Waals surface area contributed by atoms with Crippen LogP contribution < -0.4 is 0 Å². The first-order valence-electron chi connectivity index (χ1n) is 8.99. The summed E-state index contributed by atoms with van der Waals surface area (Å²) in [5, 5.41) is 9.04. The largest absolute Gasteiger partial charge is 0.481 e. The normalized spacial score (nSPS) is 21.6. The van der Waals surface area contributed by atoms with Gasteiger partial charge in [0.15, 0.2) is 0 Å². The van der Waals surface area contributed by atoms with E-state index < -0.39 is 5.97 Å². The number of carboxylic acids is 1. The number of rotatable bonds is 8. The van der Waals surface area contributed by atoms with E-state index in [-0.39, 0.29) is 35.6 Å². The molecule has 1 aliphatic rings. The summed E-state index contributed by atoms with van der Waals surface area (Å²) in [6.45, 7) is 8.70. The fourth-order valence-corrected chi connectivity index (χ4v) is 4.25. The van der Waals surface area contributed by atoms with E-state index in [4.69, 9.17) is 14.3 Å². The van der Waals surface area contributed by atoms with Crippen LogP contribution in [-0.4, -0.2) is 47.7 Å². The summed E-state index contributed by atoms with van der Waals surface area (Å²) in [4.78, 5) is 25.9. The Bertz CT molecular complexity index is 632. The van der Waals surface area contributed by atoms with Crippen molar-refractivity contribution < 1.29 is 23.8 Å². The highest BCUT2D eigenvalue weighted by Gasteiger charge is 2.56. The summed E-state index contributed by atoms with van der Waals surface area (Å²) < 4.78 is 11.2. The minimum atomic E-state index is -1.01. The number of furan rings is 1. The molecule has 140 valence electrons. The van der Waals surface area contributed by atoms with Gasteiger partial charge in [0.1, 0.15) is 12.2 Å². The van der Waals surface area contributed by atoms with Crippen LogP contribution in [0.3, 0.4) is 0 Å². The quantitative estimate of drug-likeness (QED) is 0.777. The number of aryl methyl sites for hydroxylation is 1. The fraction of sp³-hybridized carbons (Fsp3) is 0.684. The van der Waals surface area contributed by atoms with Crippen LogP contribution in [0.25, 0.3) is 0 Å². The van der Waals surface area contributed by atoms with Gasteiger partial charge in [0.05, 0.1) is 17.9 Å². The van der Waals surface area contributed by atoms with Gasteiger partial charge in [0.25, 0.3) is 5.91 Å². The molecule has 1 saturated carbocycles. The predicted molar refractivity (Wildman–Crippen MR) is 93.7 cm³/mol. The highest BCUT2D eigenvalue weighted by molar-refractivity contribution is 5.97. The molecule has 2 rings (SSSR count). The maximum Gasteiger partial charge on any atom is 0.311 e. The van der Waals surface area contributed by atoms with Gasteiger partial charge in [-0.2, -0.15) is 0 Å². The molecule has 1 amide bonds. The molecule has 6 nitrogen and oxygen atoms in total. The van der Waals surface area contributed by atoms with Gasteiger partial charge >= 0.3 is 5.97 Å². The van der Waals surface area contributed by atoms with Gasteiger partial charge in [0.2, 0.25) is 0 Å². The van der Waals surface area contributed by atoms with Crippen LogP contribution in [0, 0.1) is 12.3 Å². The van der Waals surface area contributed by atoms with Gasteiger partial charge in [0, 0.05) is 30.7 Å².